The third-order valence-corrected chi connectivity index (χ3v) is 7.04. The number of benzene rings is 2. The van der Waals surface area contributed by atoms with Crippen LogP contribution in [0.25, 0.3) is 33.1 Å². The number of furan rings is 1. The molecule has 182 valence electrons. The van der Waals surface area contributed by atoms with Gasteiger partial charge in [0.05, 0.1) is 11.1 Å². The molecule has 0 aliphatic heterocycles. The van der Waals surface area contributed by atoms with Crippen LogP contribution in [0.4, 0.5) is 4.79 Å². The minimum atomic E-state index is -0.866. The fourth-order valence-electron chi connectivity index (χ4n) is 5.19. The number of carbonyl (C=O) groups is 1. The molecular formula is C28H29ClN2O4. The van der Waals surface area contributed by atoms with E-state index in [1.165, 1.54) is 0 Å². The molecule has 2 aromatic heterocycles. The number of aromatic nitrogens is 1. The van der Waals surface area contributed by atoms with E-state index < -0.39 is 11.6 Å². The Morgan fingerprint density at radius 2 is 1.83 bits per heavy atom. The normalized spacial score (nSPS) is 18.6. The number of carboxylic acid groups (broad SMARTS) is 1. The number of pyridine rings is 1. The summed E-state index contributed by atoms with van der Waals surface area (Å²) < 4.78 is 12.5. The van der Waals surface area contributed by atoms with E-state index in [1.807, 2.05) is 63.2 Å². The molecule has 0 bridgehead atoms. The molecule has 1 aliphatic carbocycles. The van der Waals surface area contributed by atoms with Gasteiger partial charge in [0.15, 0.2) is 0 Å². The molecule has 0 atom stereocenters. The molecule has 1 saturated carbocycles. The van der Waals surface area contributed by atoms with Gasteiger partial charge in [0.25, 0.3) is 0 Å². The van der Waals surface area contributed by atoms with Gasteiger partial charge in [-0.1, -0.05) is 29.8 Å². The lowest BCUT2D eigenvalue weighted by molar-refractivity contribution is 0.0368. The molecule has 35 heavy (non-hydrogen) atoms. The zero-order chi connectivity index (χ0) is 24.7. The van der Waals surface area contributed by atoms with Crippen molar-refractivity contribution in [1.29, 1.82) is 0 Å². The second-order valence-corrected chi connectivity index (χ2v) is 10.6. The first kappa shape index (κ1) is 23.5. The topological polar surface area (TPSA) is 75.8 Å². The highest BCUT2D eigenvalue weighted by atomic mass is 35.5. The molecule has 7 heteroatoms. The van der Waals surface area contributed by atoms with Crippen LogP contribution in [-0.4, -0.2) is 38.8 Å². The van der Waals surface area contributed by atoms with Crippen molar-refractivity contribution in [3.63, 3.8) is 0 Å². The van der Waals surface area contributed by atoms with Crippen molar-refractivity contribution in [3.05, 3.63) is 59.9 Å². The number of para-hydroxylation sites is 1. The molecule has 5 rings (SSSR count). The number of halogens is 1. The van der Waals surface area contributed by atoms with Crippen LogP contribution in [0.5, 0.6) is 5.75 Å². The number of hydrogen-bond donors (Lipinski definition) is 1. The zero-order valence-corrected chi connectivity index (χ0v) is 20.9. The molecule has 1 fully saturated rings. The van der Waals surface area contributed by atoms with Crippen molar-refractivity contribution in [3.8, 4) is 17.1 Å². The van der Waals surface area contributed by atoms with Gasteiger partial charge < -0.3 is 19.2 Å². The van der Waals surface area contributed by atoms with Crippen molar-refractivity contribution >= 4 is 39.4 Å². The van der Waals surface area contributed by atoms with Gasteiger partial charge in [0.1, 0.15) is 17.1 Å². The summed E-state index contributed by atoms with van der Waals surface area (Å²) in [5.74, 6) is 1.43. The molecule has 4 aromatic rings. The van der Waals surface area contributed by atoms with Gasteiger partial charge in [-0.2, -0.15) is 0 Å². The van der Waals surface area contributed by atoms with E-state index in [0.717, 1.165) is 58.7 Å². The quantitative estimate of drug-likeness (QED) is 0.315. The summed E-state index contributed by atoms with van der Waals surface area (Å²) in [6.07, 6.45) is 5.79. The highest BCUT2D eigenvalue weighted by Gasteiger charge is 2.36. The molecule has 1 aliphatic rings. The molecule has 0 saturated heterocycles. The summed E-state index contributed by atoms with van der Waals surface area (Å²) in [7, 11) is 0. The first-order chi connectivity index (χ1) is 16.7. The van der Waals surface area contributed by atoms with E-state index >= 15 is 0 Å². The Bertz CT molecular complexity index is 1350. The number of hydrogen-bond acceptors (Lipinski definition) is 4. The van der Waals surface area contributed by atoms with Gasteiger partial charge in [-0.3, -0.25) is 4.98 Å². The number of amides is 1. The van der Waals surface area contributed by atoms with Crippen LogP contribution in [0, 0.1) is 0 Å². The Labute approximate surface area is 209 Å². The fraction of sp³-hybridized carbons (Fsp3) is 0.357. The molecule has 1 amide bonds. The molecular weight excluding hydrogens is 464 g/mol. The summed E-state index contributed by atoms with van der Waals surface area (Å²) in [6, 6.07) is 13.7. The van der Waals surface area contributed by atoms with Gasteiger partial charge in [-0.05, 0) is 70.7 Å². The van der Waals surface area contributed by atoms with Gasteiger partial charge in [-0.15, -0.1) is 0 Å². The van der Waals surface area contributed by atoms with Gasteiger partial charge in [0, 0.05) is 45.7 Å². The molecule has 0 radical (unpaired) electrons. The third kappa shape index (κ3) is 4.67. The smallest absolute Gasteiger partial charge is 0.407 e. The van der Waals surface area contributed by atoms with E-state index in [-0.39, 0.29) is 12.1 Å². The van der Waals surface area contributed by atoms with Crippen molar-refractivity contribution < 1.29 is 19.1 Å². The molecule has 1 N–H and O–H groups in total. The van der Waals surface area contributed by atoms with E-state index in [9.17, 15) is 9.90 Å². The Morgan fingerprint density at radius 1 is 1.09 bits per heavy atom. The number of fused-ring (bicyclic) bond motifs is 2. The van der Waals surface area contributed by atoms with Crippen LogP contribution >= 0.6 is 11.6 Å². The molecule has 2 aromatic carbocycles. The molecule has 0 unspecified atom stereocenters. The Hall–Kier alpha value is -3.25. The number of nitrogens with zero attached hydrogens (tertiary/aromatic N) is 2. The fourth-order valence-corrected chi connectivity index (χ4v) is 5.44. The second-order valence-electron chi connectivity index (χ2n) is 10.2. The molecule has 0 spiro atoms. The predicted octanol–water partition coefficient (Wildman–Crippen LogP) is 7.77. The minimum Gasteiger partial charge on any atom is -0.490 e. The van der Waals surface area contributed by atoms with Gasteiger partial charge in [0.2, 0.25) is 0 Å². The maximum atomic E-state index is 11.9. The SMILES string of the molecule is CC(C)(C)N(C(=O)O)C1CCC(Oc2cc(Cl)c3cncc(-c4cc5ccccc5o4)c3c2)CC1. The summed E-state index contributed by atoms with van der Waals surface area (Å²) in [6.45, 7) is 5.82. The van der Waals surface area contributed by atoms with E-state index in [4.69, 9.17) is 20.8 Å². The lowest BCUT2D eigenvalue weighted by Crippen LogP contribution is -2.52. The zero-order valence-electron chi connectivity index (χ0n) is 20.1. The van der Waals surface area contributed by atoms with Crippen LogP contribution in [0.15, 0.2) is 59.3 Å². The van der Waals surface area contributed by atoms with Crippen LogP contribution in [0.1, 0.15) is 46.5 Å². The summed E-state index contributed by atoms with van der Waals surface area (Å²) >= 11 is 6.65. The maximum Gasteiger partial charge on any atom is 0.407 e. The highest BCUT2D eigenvalue weighted by Crippen LogP contribution is 2.38. The third-order valence-electron chi connectivity index (χ3n) is 6.73. The van der Waals surface area contributed by atoms with Gasteiger partial charge >= 0.3 is 6.09 Å². The second kappa shape index (κ2) is 9.08. The van der Waals surface area contributed by atoms with Crippen LogP contribution < -0.4 is 4.74 Å². The average molecular weight is 493 g/mol. The van der Waals surface area contributed by atoms with Crippen molar-refractivity contribution in [2.24, 2.45) is 0 Å². The number of ether oxygens (including phenoxy) is 1. The minimum absolute atomic E-state index is 0.00157. The first-order valence-corrected chi connectivity index (χ1v) is 12.3. The Kier molecular flexibility index (Phi) is 6.09. The molecule has 6 nitrogen and oxygen atoms in total. The summed E-state index contributed by atoms with van der Waals surface area (Å²) in [4.78, 5) is 17.8. The standard InChI is InChI=1S/C28H29ClN2O4/c1-28(2,3)31(27(32)33)18-8-10-19(11-9-18)34-20-13-21-22(24(29)14-20)15-30-16-23(21)26-12-17-6-4-5-7-25(17)35-26/h4-7,12-16,18-19H,8-11H2,1-3H3,(H,32,33). The molecule has 2 heterocycles. The Morgan fingerprint density at radius 3 is 2.51 bits per heavy atom. The first-order valence-electron chi connectivity index (χ1n) is 12.0. The average Bonchev–Trinajstić information content (AvgIpc) is 3.23. The van der Waals surface area contributed by atoms with Gasteiger partial charge in [-0.25, -0.2) is 4.79 Å². The monoisotopic (exact) mass is 492 g/mol. The van der Waals surface area contributed by atoms with Crippen molar-refractivity contribution in [2.45, 2.75) is 64.1 Å². The lowest BCUT2D eigenvalue weighted by Gasteiger charge is -2.42. The Balaban J connectivity index is 1.39. The predicted molar refractivity (Wildman–Crippen MR) is 138 cm³/mol. The maximum absolute atomic E-state index is 11.9. The van der Waals surface area contributed by atoms with Crippen molar-refractivity contribution in [1.82, 2.24) is 9.88 Å². The highest BCUT2D eigenvalue weighted by molar-refractivity contribution is 6.36. The van der Waals surface area contributed by atoms with Crippen LogP contribution in [-0.2, 0) is 0 Å². The lowest BCUT2D eigenvalue weighted by atomic mass is 9.89. The van der Waals surface area contributed by atoms with E-state index in [2.05, 4.69) is 4.98 Å². The summed E-state index contributed by atoms with van der Waals surface area (Å²) in [5, 5.41) is 13.1. The van der Waals surface area contributed by atoms with Crippen LogP contribution in [0.3, 0.4) is 0 Å². The number of rotatable bonds is 4. The van der Waals surface area contributed by atoms with Crippen LogP contribution in [0.2, 0.25) is 5.02 Å². The summed E-state index contributed by atoms with van der Waals surface area (Å²) in [5.41, 5.74) is 1.24. The van der Waals surface area contributed by atoms with E-state index in [0.29, 0.717) is 10.8 Å². The van der Waals surface area contributed by atoms with Crippen molar-refractivity contribution in [2.75, 3.05) is 0 Å². The van der Waals surface area contributed by atoms with E-state index in [1.54, 1.807) is 17.3 Å². The largest absolute Gasteiger partial charge is 0.490 e.